The fraction of sp³-hybridized carbons (Fsp3) is 0.262. The largest absolute Gasteiger partial charge is 0.473 e. The Morgan fingerprint density at radius 3 is 1.18 bits per heavy atom. The van der Waals surface area contributed by atoms with Crippen molar-refractivity contribution in [3.8, 4) is 35.3 Å². The van der Waals surface area contributed by atoms with Gasteiger partial charge in [-0.25, -0.2) is 57.4 Å². The number of nitrogens with zero attached hydrogens (tertiary/aromatic N) is 9. The molecule has 9 aromatic heterocycles. The van der Waals surface area contributed by atoms with Crippen LogP contribution in [0.4, 0.5) is 28.5 Å². The van der Waals surface area contributed by atoms with Crippen molar-refractivity contribution in [1.29, 1.82) is 0 Å². The highest BCUT2D eigenvalue weighted by Crippen LogP contribution is 2.29. The van der Waals surface area contributed by atoms with E-state index in [-0.39, 0.29) is 71.6 Å². The Labute approximate surface area is 808 Å². The van der Waals surface area contributed by atoms with Crippen LogP contribution >= 0.6 is 11.3 Å². The molecule has 17 rings (SSSR count). The lowest BCUT2D eigenvalue weighted by Crippen LogP contribution is -2.39. The number of hydrogen-bond donors (Lipinski definition) is 6. The molecule has 3 fully saturated rings. The molecule has 14 aromatic rings. The van der Waals surface area contributed by atoms with Gasteiger partial charge < -0.3 is 55.0 Å². The van der Waals surface area contributed by atoms with E-state index in [9.17, 15) is 46.3 Å². The summed E-state index contributed by atoms with van der Waals surface area (Å²) in [4.78, 5) is 110. The molecule has 718 valence electrons. The summed E-state index contributed by atoms with van der Waals surface area (Å²) in [5, 5.41) is 19.7. The lowest BCUT2D eigenvalue weighted by molar-refractivity contribution is 0.0911. The minimum atomic E-state index is -0.658. The number of ether oxygens (including phenoxy) is 6. The number of pyridine rings is 8. The second-order valence-electron chi connectivity index (χ2n) is 33.8. The van der Waals surface area contributed by atoms with Crippen LogP contribution in [-0.2, 0) is 39.6 Å². The van der Waals surface area contributed by atoms with E-state index in [1.165, 1.54) is 111 Å². The molecule has 27 nitrogen and oxygen atoms in total. The summed E-state index contributed by atoms with van der Waals surface area (Å²) >= 11 is 1.39. The molecule has 0 spiro atoms. The predicted octanol–water partition coefficient (Wildman–Crippen LogP) is 20.5. The Morgan fingerprint density at radius 2 is 0.777 bits per heavy atom. The van der Waals surface area contributed by atoms with Gasteiger partial charge in [0.05, 0.1) is 44.8 Å². The monoisotopic (exact) mass is 1900 g/mol. The van der Waals surface area contributed by atoms with Crippen molar-refractivity contribution >= 4 is 57.7 Å². The number of nitrogens with one attached hydrogen (secondary N) is 6. The Balaban J connectivity index is 0.000000149. The van der Waals surface area contributed by atoms with E-state index < -0.39 is 11.6 Å². The van der Waals surface area contributed by atoms with Gasteiger partial charge in [-0.1, -0.05) is 131 Å². The number of rotatable bonds is 32. The molecule has 3 aliphatic carbocycles. The van der Waals surface area contributed by atoms with Gasteiger partial charge >= 0.3 is 0 Å². The average Bonchev–Trinajstić information content (AvgIpc) is 1.56. The molecule has 0 bridgehead atoms. The number of benzene rings is 5. The van der Waals surface area contributed by atoms with Gasteiger partial charge in [-0.05, 0) is 207 Å². The predicted molar refractivity (Wildman–Crippen MR) is 520 cm³/mol. The van der Waals surface area contributed by atoms with Gasteiger partial charge in [0.15, 0.2) is 5.13 Å². The third kappa shape index (κ3) is 36.8. The number of carbonyl (C=O) groups excluding carboxylic acids is 6. The molecular weight excluding hydrogens is 1800 g/mol. The van der Waals surface area contributed by atoms with Crippen LogP contribution in [0.1, 0.15) is 198 Å². The first-order valence-electron chi connectivity index (χ1n) is 45.5. The van der Waals surface area contributed by atoms with Crippen LogP contribution in [0.3, 0.4) is 0 Å². The summed E-state index contributed by atoms with van der Waals surface area (Å²) in [5.74, 6) is 0.958. The van der Waals surface area contributed by atoms with Crippen LogP contribution in [0, 0.1) is 48.4 Å². The quantitative estimate of drug-likeness (QED) is 0.0213. The van der Waals surface area contributed by atoms with Gasteiger partial charge in [-0.3, -0.25) is 39.1 Å². The molecule has 6 N–H and O–H groups in total. The summed E-state index contributed by atoms with van der Waals surface area (Å²) in [6.45, 7) is 13.3. The first-order valence-corrected chi connectivity index (χ1v) is 46.4. The molecule has 0 atom stereocenters. The molecule has 0 saturated heterocycles. The summed E-state index contributed by atoms with van der Waals surface area (Å²) < 4.78 is 85.1. The standard InChI is InChI=1S/C19H22F2N2O2.C18H14FN3O2.C18H21N3O2.C18H20N2O2.C17H17FN2O2.C17H15N3O2S/c1-19(2,3)6-7-22-18(24)14-4-5-17(23-11-14)25-12-13-8-15(20)10-16(21)9-13;19-15-7-4-13(5-8-15)12-24-17-9-6-14(11-21-17)18(23)22-16-3-1-2-10-20-16;22-18(21-16-4-2-1-3-5-16)15-6-7-17(20-12-15)23-13-14-8-10-19-11-9-14;1-13-16(18(21)19-11-14-7-8-14)9-10-17(20-13)22-12-15-5-3-2-4-6-15;18-14-7-4-12(5-8-14)11-22-16-9-6-13(10-19-16)17(21)20-15-2-1-3-15;1-12-11-23-17(19-12)20-16(21)14-7-8-15(18-9-14)22-10-13-5-3-2-4-6-13/h4-5,8-11H,6-7,12H2,1-3H3,(H,22,24);1-11H,12H2,(H,20,22,23);6-12,16H,1-5,13H2,(H,21,22);2-6,9-10,14H,7-8,11-12H2,1H3,(H,19,21);4-10,15H,1-3,11H2,(H,20,21);2-9,11H,10H2,1H3,(H,19,20,21). The Hall–Kier alpha value is -15.7. The second kappa shape index (κ2) is 53.5. The zero-order valence-corrected chi connectivity index (χ0v) is 78.5. The van der Waals surface area contributed by atoms with Crippen LogP contribution in [0.2, 0.25) is 0 Å². The van der Waals surface area contributed by atoms with Crippen LogP contribution < -0.4 is 60.3 Å². The first-order chi connectivity index (χ1) is 67.4. The number of aromatic nitrogens is 9. The van der Waals surface area contributed by atoms with Crippen LogP contribution in [0.15, 0.2) is 285 Å². The highest BCUT2D eigenvalue weighted by molar-refractivity contribution is 7.14. The number of aryl methyl sites for hydroxylation is 2. The molecule has 3 aliphatic rings. The number of anilines is 2. The van der Waals surface area contributed by atoms with E-state index in [2.05, 4.69) is 97.5 Å². The minimum absolute atomic E-state index is 0.0151. The van der Waals surface area contributed by atoms with Gasteiger partial charge in [0.1, 0.15) is 68.7 Å². The first kappa shape index (κ1) is 102. The molecule has 0 unspecified atom stereocenters. The van der Waals surface area contributed by atoms with E-state index in [1.54, 1.807) is 140 Å². The average molecular weight is 1910 g/mol. The summed E-state index contributed by atoms with van der Waals surface area (Å²) in [6, 6.07) is 64.9. The van der Waals surface area contributed by atoms with E-state index in [0.717, 1.165) is 78.2 Å². The van der Waals surface area contributed by atoms with Crippen molar-refractivity contribution < 1.29 is 74.8 Å². The highest BCUT2D eigenvalue weighted by Gasteiger charge is 2.25. The van der Waals surface area contributed by atoms with E-state index in [1.807, 2.05) is 92.0 Å². The fourth-order valence-corrected chi connectivity index (χ4v) is 13.8. The fourth-order valence-electron chi connectivity index (χ4n) is 13.1. The second-order valence-corrected chi connectivity index (χ2v) is 34.7. The van der Waals surface area contributed by atoms with Crippen molar-refractivity contribution in [2.24, 2.45) is 11.3 Å². The zero-order valence-electron chi connectivity index (χ0n) is 77.6. The van der Waals surface area contributed by atoms with Crippen molar-refractivity contribution in [3.63, 3.8) is 0 Å². The van der Waals surface area contributed by atoms with Gasteiger partial charge in [-0.2, -0.15) is 0 Å². The van der Waals surface area contributed by atoms with Crippen molar-refractivity contribution in [3.05, 3.63) is 387 Å². The highest BCUT2D eigenvalue weighted by atomic mass is 32.1. The van der Waals surface area contributed by atoms with E-state index >= 15 is 0 Å². The lowest BCUT2D eigenvalue weighted by atomic mass is 9.92. The molecule has 139 heavy (non-hydrogen) atoms. The normalized spacial score (nSPS) is 12.4. The minimum Gasteiger partial charge on any atom is -0.473 e. The smallest absolute Gasteiger partial charge is 0.259 e. The maximum Gasteiger partial charge on any atom is 0.259 e. The number of thiazole rings is 1. The van der Waals surface area contributed by atoms with E-state index in [0.29, 0.717) is 136 Å². The zero-order chi connectivity index (χ0) is 97.9. The SMILES string of the molecule is CC(C)(C)CCNC(=O)c1ccc(OCc2cc(F)cc(F)c2)nc1.Cc1csc(NC(=O)c2ccc(OCc3ccccc3)nc2)n1.Cc1nc(OCc2ccccc2)ccc1C(=O)NCC1CC1.O=C(NC1CCC1)c1ccc(OCc2ccc(F)cc2)nc1.O=C(NC1CCCCC1)c1ccc(OCc2ccncc2)nc1.O=C(Nc1ccccn1)c1ccc(OCc2ccc(F)cc2)nc1. The third-order valence-corrected chi connectivity index (χ3v) is 22.2. The molecule has 32 heteroatoms. The third-order valence-electron chi connectivity index (χ3n) is 21.3. The van der Waals surface area contributed by atoms with Crippen molar-refractivity contribution in [1.82, 2.24) is 66.1 Å². The topological polar surface area (TPSA) is 346 Å². The summed E-state index contributed by atoms with van der Waals surface area (Å²) in [6.07, 6.45) is 24.9. The van der Waals surface area contributed by atoms with Crippen molar-refractivity contribution in [2.75, 3.05) is 23.7 Å². The van der Waals surface area contributed by atoms with Crippen molar-refractivity contribution in [2.45, 2.75) is 157 Å². The molecule has 6 amide bonds. The number of carbonyl (C=O) groups is 6. The van der Waals surface area contributed by atoms with Gasteiger partial charge in [0, 0.05) is 123 Å². The molecule has 3 saturated carbocycles. The number of halogens is 4. The van der Waals surface area contributed by atoms with Crippen LogP contribution in [-0.4, -0.2) is 105 Å². The molecule has 9 heterocycles. The van der Waals surface area contributed by atoms with E-state index in [4.69, 9.17) is 28.4 Å². The van der Waals surface area contributed by atoms with Gasteiger partial charge in [-0.15, -0.1) is 11.3 Å². The van der Waals surface area contributed by atoms with Crippen LogP contribution in [0.25, 0.3) is 0 Å². The maximum atomic E-state index is 13.1. The maximum absolute atomic E-state index is 13.1. The Morgan fingerprint density at radius 1 is 0.367 bits per heavy atom. The number of amides is 6. The molecule has 5 aromatic carbocycles. The summed E-state index contributed by atoms with van der Waals surface area (Å²) in [7, 11) is 0. The Bertz CT molecular complexity index is 6160. The summed E-state index contributed by atoms with van der Waals surface area (Å²) in [5.41, 5.74) is 9.97. The number of hydrogen-bond acceptors (Lipinski definition) is 22. The van der Waals surface area contributed by atoms with Crippen LogP contribution in [0.5, 0.6) is 35.3 Å². The van der Waals surface area contributed by atoms with Gasteiger partial charge in [0.2, 0.25) is 35.3 Å². The molecule has 0 aliphatic heterocycles. The molecular formula is C107H109F4N15O12S. The van der Waals surface area contributed by atoms with Gasteiger partial charge in [0.25, 0.3) is 35.4 Å². The lowest BCUT2D eigenvalue weighted by Gasteiger charge is -2.26. The Kier molecular flexibility index (Phi) is 39.4. The molecule has 0 radical (unpaired) electrons.